The lowest BCUT2D eigenvalue weighted by Crippen LogP contribution is -2.52. The van der Waals surface area contributed by atoms with E-state index in [0.717, 1.165) is 14.6 Å². The fourth-order valence-corrected chi connectivity index (χ4v) is 3.80. The number of thioether (sulfide) groups is 1. The number of thiocarbonyl (C=S) groups is 1. The zero-order valence-electron chi connectivity index (χ0n) is 12.6. The van der Waals surface area contributed by atoms with Crippen molar-refractivity contribution in [3.8, 4) is 0 Å². The molecule has 5 nitrogen and oxygen atoms in total. The van der Waals surface area contributed by atoms with Crippen LogP contribution in [-0.2, 0) is 4.79 Å². The summed E-state index contributed by atoms with van der Waals surface area (Å²) in [7, 11) is 0. The third-order valence-electron chi connectivity index (χ3n) is 2.40. The zero-order chi connectivity index (χ0) is 16.2. The van der Waals surface area contributed by atoms with E-state index in [1.165, 1.54) is 11.8 Å². The van der Waals surface area contributed by atoms with E-state index in [1.54, 1.807) is 11.3 Å². The molecule has 1 aromatic heterocycles. The summed E-state index contributed by atoms with van der Waals surface area (Å²) in [6.07, 6.45) is 0. The molecule has 0 fully saturated rings. The van der Waals surface area contributed by atoms with Gasteiger partial charge in [-0.1, -0.05) is 23.9 Å². The highest BCUT2D eigenvalue weighted by Crippen LogP contribution is 2.28. The van der Waals surface area contributed by atoms with Gasteiger partial charge < -0.3 is 5.32 Å². The number of hydrogen-bond acceptors (Lipinski definition) is 5. The average molecular weight is 355 g/mol. The summed E-state index contributed by atoms with van der Waals surface area (Å²) in [5.74, 6) is 0.132. The van der Waals surface area contributed by atoms with Crippen LogP contribution in [0.1, 0.15) is 20.8 Å². The number of rotatable bonds is 3. The average Bonchev–Trinajstić information content (AvgIpc) is 2.84. The molecule has 22 heavy (non-hydrogen) atoms. The van der Waals surface area contributed by atoms with Crippen molar-refractivity contribution in [2.75, 3.05) is 5.75 Å². The number of nitrogens with zero attached hydrogens (tertiary/aromatic N) is 1. The monoisotopic (exact) mass is 354 g/mol. The van der Waals surface area contributed by atoms with E-state index in [9.17, 15) is 4.79 Å². The fraction of sp³-hybridized carbons (Fsp3) is 0.357. The van der Waals surface area contributed by atoms with Crippen LogP contribution in [-0.4, -0.2) is 27.3 Å². The zero-order valence-corrected chi connectivity index (χ0v) is 15.0. The highest BCUT2D eigenvalue weighted by atomic mass is 32.2. The molecule has 0 unspecified atom stereocenters. The summed E-state index contributed by atoms with van der Waals surface area (Å²) in [4.78, 5) is 16.3. The first-order valence-electron chi connectivity index (χ1n) is 6.69. The number of fused-ring (bicyclic) bond motifs is 1. The minimum atomic E-state index is -0.151. The molecule has 2 aromatic rings. The fourth-order valence-electron chi connectivity index (χ4n) is 1.57. The largest absolute Gasteiger partial charge is 0.357 e. The van der Waals surface area contributed by atoms with Crippen LogP contribution in [0.25, 0.3) is 10.2 Å². The minimum absolute atomic E-state index is 0.148. The van der Waals surface area contributed by atoms with Gasteiger partial charge in [0.1, 0.15) is 0 Å². The van der Waals surface area contributed by atoms with Crippen molar-refractivity contribution >= 4 is 56.6 Å². The second kappa shape index (κ2) is 7.26. The molecule has 1 aromatic carbocycles. The molecule has 0 saturated heterocycles. The molecule has 1 heterocycles. The van der Waals surface area contributed by atoms with Crippen molar-refractivity contribution in [1.29, 1.82) is 0 Å². The molecule has 118 valence electrons. The summed E-state index contributed by atoms with van der Waals surface area (Å²) in [5.41, 5.74) is 6.08. The van der Waals surface area contributed by atoms with Gasteiger partial charge in [-0.3, -0.25) is 15.6 Å². The van der Waals surface area contributed by atoms with Gasteiger partial charge in [0.25, 0.3) is 0 Å². The molecule has 0 radical (unpaired) electrons. The Hall–Kier alpha value is -1.38. The quantitative estimate of drug-likeness (QED) is 0.447. The number of hydrogen-bond donors (Lipinski definition) is 3. The maximum atomic E-state index is 11.8. The van der Waals surface area contributed by atoms with Gasteiger partial charge in [0, 0.05) is 5.54 Å². The molecular formula is C14H18N4OS3. The second-order valence-electron chi connectivity index (χ2n) is 5.61. The molecular weight excluding hydrogens is 336 g/mol. The van der Waals surface area contributed by atoms with Crippen molar-refractivity contribution in [1.82, 2.24) is 21.2 Å². The molecule has 0 aliphatic rings. The van der Waals surface area contributed by atoms with E-state index in [-0.39, 0.29) is 17.2 Å². The van der Waals surface area contributed by atoms with Crippen molar-refractivity contribution in [3.63, 3.8) is 0 Å². The number of nitrogens with one attached hydrogen (secondary N) is 3. The smallest absolute Gasteiger partial charge is 0.248 e. The predicted molar refractivity (Wildman–Crippen MR) is 97.1 cm³/mol. The SMILES string of the molecule is CC(C)(C)NC(=S)NNC(=O)CSc1nc2ccccc2s1. The van der Waals surface area contributed by atoms with E-state index >= 15 is 0 Å². The maximum absolute atomic E-state index is 11.8. The molecule has 3 N–H and O–H groups in total. The topological polar surface area (TPSA) is 66.0 Å². The number of hydrazine groups is 1. The molecule has 0 aliphatic carbocycles. The lowest BCUT2D eigenvalue weighted by atomic mass is 10.1. The lowest BCUT2D eigenvalue weighted by Gasteiger charge is -2.23. The van der Waals surface area contributed by atoms with Crippen molar-refractivity contribution in [2.45, 2.75) is 30.6 Å². The molecule has 0 bridgehead atoms. The van der Waals surface area contributed by atoms with Crippen LogP contribution in [0.2, 0.25) is 0 Å². The minimum Gasteiger partial charge on any atom is -0.357 e. The van der Waals surface area contributed by atoms with Crippen LogP contribution in [0.5, 0.6) is 0 Å². The van der Waals surface area contributed by atoms with E-state index < -0.39 is 0 Å². The first kappa shape index (κ1) is 17.0. The number of benzene rings is 1. The van der Waals surface area contributed by atoms with E-state index in [0.29, 0.717) is 5.11 Å². The Morgan fingerprint density at radius 3 is 2.73 bits per heavy atom. The van der Waals surface area contributed by atoms with Gasteiger partial charge in [0.15, 0.2) is 9.45 Å². The standard InChI is InChI=1S/C14H18N4OS3/c1-14(2,3)16-12(20)18-17-11(19)8-21-13-15-9-6-4-5-7-10(9)22-13/h4-7H,8H2,1-3H3,(H,17,19)(H2,16,18,20). The van der Waals surface area contributed by atoms with Crippen LogP contribution in [0.4, 0.5) is 0 Å². The number of para-hydroxylation sites is 1. The first-order chi connectivity index (χ1) is 10.3. The van der Waals surface area contributed by atoms with Crippen LogP contribution in [0.3, 0.4) is 0 Å². The van der Waals surface area contributed by atoms with E-state index in [2.05, 4.69) is 21.2 Å². The third kappa shape index (κ3) is 5.43. The Morgan fingerprint density at radius 2 is 2.05 bits per heavy atom. The molecule has 2 rings (SSSR count). The highest BCUT2D eigenvalue weighted by molar-refractivity contribution is 8.01. The number of carbonyl (C=O) groups excluding carboxylic acids is 1. The molecule has 8 heteroatoms. The van der Waals surface area contributed by atoms with Gasteiger partial charge in [-0.05, 0) is 45.1 Å². The Bertz CT molecular complexity index is 645. The molecule has 0 spiro atoms. The molecule has 1 amide bonds. The second-order valence-corrected chi connectivity index (χ2v) is 8.27. The number of thiazole rings is 1. The van der Waals surface area contributed by atoms with Crippen LogP contribution < -0.4 is 16.2 Å². The van der Waals surface area contributed by atoms with Gasteiger partial charge in [0.05, 0.1) is 16.0 Å². The summed E-state index contributed by atoms with van der Waals surface area (Å²) >= 11 is 8.08. The van der Waals surface area contributed by atoms with Crippen molar-refractivity contribution < 1.29 is 4.79 Å². The first-order valence-corrected chi connectivity index (χ1v) is 8.90. The summed E-state index contributed by atoms with van der Waals surface area (Å²) in [5, 5.41) is 3.45. The van der Waals surface area contributed by atoms with Crippen molar-refractivity contribution in [2.24, 2.45) is 0 Å². The summed E-state index contributed by atoms with van der Waals surface area (Å²) < 4.78 is 2.01. The molecule has 0 atom stereocenters. The normalized spacial score (nSPS) is 11.2. The van der Waals surface area contributed by atoms with Gasteiger partial charge in [-0.15, -0.1) is 11.3 Å². The molecule has 0 saturated carbocycles. The summed E-state index contributed by atoms with van der Waals surface area (Å²) in [6.45, 7) is 5.98. The maximum Gasteiger partial charge on any atom is 0.248 e. The van der Waals surface area contributed by atoms with E-state index in [1.807, 2.05) is 45.0 Å². The Kier molecular flexibility index (Phi) is 5.60. The Labute approximate surface area is 143 Å². The number of aromatic nitrogens is 1. The Morgan fingerprint density at radius 1 is 1.32 bits per heavy atom. The van der Waals surface area contributed by atoms with Crippen molar-refractivity contribution in [3.05, 3.63) is 24.3 Å². The van der Waals surface area contributed by atoms with Gasteiger partial charge in [-0.25, -0.2) is 4.98 Å². The number of amides is 1. The number of carbonyl (C=O) groups is 1. The van der Waals surface area contributed by atoms with Crippen LogP contribution in [0.15, 0.2) is 28.6 Å². The van der Waals surface area contributed by atoms with E-state index in [4.69, 9.17) is 12.2 Å². The molecule has 0 aliphatic heterocycles. The predicted octanol–water partition coefficient (Wildman–Crippen LogP) is 2.68. The van der Waals surface area contributed by atoms with Gasteiger partial charge in [-0.2, -0.15) is 0 Å². The Balaban J connectivity index is 1.77. The lowest BCUT2D eigenvalue weighted by molar-refractivity contribution is -0.119. The van der Waals surface area contributed by atoms with Gasteiger partial charge in [0.2, 0.25) is 5.91 Å². The van der Waals surface area contributed by atoms with Gasteiger partial charge >= 0.3 is 0 Å². The highest BCUT2D eigenvalue weighted by Gasteiger charge is 2.12. The van der Waals surface area contributed by atoms with Crippen LogP contribution in [0, 0.1) is 0 Å². The summed E-state index contributed by atoms with van der Waals surface area (Å²) in [6, 6.07) is 7.93. The third-order valence-corrected chi connectivity index (χ3v) is 4.79. The van der Waals surface area contributed by atoms with Crippen LogP contribution >= 0.6 is 35.3 Å².